The highest BCUT2D eigenvalue weighted by molar-refractivity contribution is 6.08. The highest BCUT2D eigenvalue weighted by Crippen LogP contribution is 2.52. The van der Waals surface area contributed by atoms with Crippen molar-refractivity contribution in [3.05, 3.63) is 12.2 Å². The average molecular weight is 251 g/mol. The van der Waals surface area contributed by atoms with E-state index in [4.69, 9.17) is 10.2 Å². The van der Waals surface area contributed by atoms with Gasteiger partial charge in [0.1, 0.15) is 0 Å². The van der Waals surface area contributed by atoms with Gasteiger partial charge in [0.25, 0.3) is 0 Å². The Balaban J connectivity index is 1.94. The first-order valence-electron chi connectivity index (χ1n) is 5.95. The van der Waals surface area contributed by atoms with Crippen LogP contribution in [0, 0.1) is 23.7 Å². The normalized spacial score (nSPS) is 38.4. The number of aliphatic carboxylic acids is 1. The van der Waals surface area contributed by atoms with Crippen molar-refractivity contribution in [3.8, 4) is 0 Å². The van der Waals surface area contributed by atoms with Crippen LogP contribution in [0.2, 0.25) is 0 Å². The molecule has 6 heteroatoms. The smallest absolute Gasteiger partial charge is 0.329 e. The van der Waals surface area contributed by atoms with Gasteiger partial charge in [-0.25, -0.2) is 4.79 Å². The number of carbonyl (C=O) groups is 3. The van der Waals surface area contributed by atoms with Crippen molar-refractivity contribution in [2.24, 2.45) is 23.7 Å². The molecule has 0 spiro atoms. The predicted molar refractivity (Wildman–Crippen MR) is 58.1 cm³/mol. The summed E-state index contributed by atoms with van der Waals surface area (Å²) in [5.41, 5.74) is 0. The average Bonchev–Trinajstić information content (AvgIpc) is 2.98. The first-order chi connectivity index (χ1) is 8.56. The second kappa shape index (κ2) is 3.65. The van der Waals surface area contributed by atoms with Gasteiger partial charge in [0.2, 0.25) is 11.8 Å². The highest BCUT2D eigenvalue weighted by Gasteiger charge is 2.61. The molecule has 1 saturated carbocycles. The third kappa shape index (κ3) is 1.23. The minimum absolute atomic E-state index is 0.0505. The molecule has 1 heterocycles. The summed E-state index contributed by atoms with van der Waals surface area (Å²) in [6.07, 6.45) is 4.68. The zero-order chi connectivity index (χ0) is 13.0. The highest BCUT2D eigenvalue weighted by atomic mass is 16.4. The lowest BCUT2D eigenvalue weighted by atomic mass is 9.85. The van der Waals surface area contributed by atoms with Crippen molar-refractivity contribution < 1.29 is 24.6 Å². The lowest BCUT2D eigenvalue weighted by Crippen LogP contribution is -2.48. The number of likely N-dealkylation sites (tertiary alicyclic amines) is 1. The number of imide groups is 1. The molecule has 0 aromatic heterocycles. The number of hydrogen-bond acceptors (Lipinski definition) is 4. The number of amides is 2. The number of carboxylic acids is 1. The third-order valence-corrected chi connectivity index (χ3v) is 4.27. The van der Waals surface area contributed by atoms with Gasteiger partial charge in [-0.2, -0.15) is 0 Å². The molecule has 2 bridgehead atoms. The number of carbonyl (C=O) groups excluding carboxylic acids is 2. The molecular weight excluding hydrogens is 238 g/mol. The van der Waals surface area contributed by atoms with Crippen LogP contribution in [0.15, 0.2) is 12.2 Å². The van der Waals surface area contributed by atoms with Crippen LogP contribution < -0.4 is 0 Å². The minimum Gasteiger partial charge on any atom is -0.480 e. The van der Waals surface area contributed by atoms with Gasteiger partial charge in [0.15, 0.2) is 6.04 Å². The summed E-state index contributed by atoms with van der Waals surface area (Å²) in [6.45, 7) is -0.741. The standard InChI is InChI=1S/C12H13NO5/c14-4-7(12(17)18)13-10(15)8-5-1-2-6(3-5)9(8)11(13)16/h1-2,5-9,14H,3-4H2,(H,17,18). The molecule has 5 atom stereocenters. The molecule has 2 amide bonds. The molecule has 2 aliphatic carbocycles. The summed E-state index contributed by atoms with van der Waals surface area (Å²) in [5, 5.41) is 18.0. The molecule has 0 radical (unpaired) electrons. The molecule has 2 fully saturated rings. The molecule has 1 saturated heterocycles. The van der Waals surface area contributed by atoms with Crippen LogP contribution in [-0.4, -0.2) is 45.5 Å². The molecule has 96 valence electrons. The van der Waals surface area contributed by atoms with E-state index in [9.17, 15) is 14.4 Å². The van der Waals surface area contributed by atoms with Crippen LogP contribution in [0.25, 0.3) is 0 Å². The van der Waals surface area contributed by atoms with Gasteiger partial charge in [-0.3, -0.25) is 14.5 Å². The number of nitrogens with zero attached hydrogens (tertiary/aromatic N) is 1. The summed E-state index contributed by atoms with van der Waals surface area (Å²) >= 11 is 0. The molecule has 2 N–H and O–H groups in total. The van der Waals surface area contributed by atoms with Crippen LogP contribution in [0.3, 0.4) is 0 Å². The van der Waals surface area contributed by atoms with Crippen LogP contribution in [0.1, 0.15) is 6.42 Å². The quantitative estimate of drug-likeness (QED) is 0.508. The summed E-state index contributed by atoms with van der Waals surface area (Å²) < 4.78 is 0. The van der Waals surface area contributed by atoms with Gasteiger partial charge in [0, 0.05) is 0 Å². The number of hydrogen-bond donors (Lipinski definition) is 2. The Hall–Kier alpha value is -1.69. The van der Waals surface area contributed by atoms with Crippen LogP contribution in [0.5, 0.6) is 0 Å². The van der Waals surface area contributed by atoms with Crippen molar-refractivity contribution in [1.82, 2.24) is 4.90 Å². The molecule has 3 aliphatic rings. The van der Waals surface area contributed by atoms with E-state index in [1.165, 1.54) is 0 Å². The van der Waals surface area contributed by atoms with Gasteiger partial charge < -0.3 is 10.2 Å². The lowest BCUT2D eigenvalue weighted by molar-refractivity contribution is -0.157. The molecule has 18 heavy (non-hydrogen) atoms. The fourth-order valence-corrected chi connectivity index (χ4v) is 3.50. The van der Waals surface area contributed by atoms with Crippen LogP contribution >= 0.6 is 0 Å². The van der Waals surface area contributed by atoms with Gasteiger partial charge in [-0.05, 0) is 18.3 Å². The van der Waals surface area contributed by atoms with E-state index in [1.807, 2.05) is 12.2 Å². The third-order valence-electron chi connectivity index (χ3n) is 4.27. The van der Waals surface area contributed by atoms with Crippen molar-refractivity contribution in [2.45, 2.75) is 12.5 Å². The maximum Gasteiger partial charge on any atom is 0.329 e. The zero-order valence-electron chi connectivity index (χ0n) is 9.52. The summed E-state index contributed by atoms with van der Waals surface area (Å²) in [7, 11) is 0. The Morgan fingerprint density at radius 3 is 2.17 bits per heavy atom. The topological polar surface area (TPSA) is 94.9 Å². The first-order valence-corrected chi connectivity index (χ1v) is 5.95. The fraction of sp³-hybridized carbons (Fsp3) is 0.583. The Bertz CT molecular complexity index is 441. The molecule has 6 nitrogen and oxygen atoms in total. The van der Waals surface area contributed by atoms with E-state index in [0.29, 0.717) is 0 Å². The predicted octanol–water partition coefficient (Wildman–Crippen LogP) is -0.761. The molecule has 5 unspecified atom stereocenters. The number of allylic oxidation sites excluding steroid dienone is 2. The largest absolute Gasteiger partial charge is 0.480 e. The summed E-state index contributed by atoms with van der Waals surface area (Å²) in [6, 6.07) is -1.45. The minimum atomic E-state index is -1.45. The Labute approximate surface area is 103 Å². The molecule has 0 aromatic carbocycles. The van der Waals surface area contributed by atoms with Crippen LogP contribution in [-0.2, 0) is 14.4 Å². The second-order valence-electron chi connectivity index (χ2n) is 5.08. The SMILES string of the molecule is O=C(O)C(CO)N1C(=O)C2C3C=CC(C3)C2C1=O. The Morgan fingerprint density at radius 2 is 1.78 bits per heavy atom. The second-order valence-corrected chi connectivity index (χ2v) is 5.08. The van der Waals surface area contributed by atoms with E-state index < -0.39 is 42.3 Å². The number of carboxylic acid groups (broad SMARTS) is 1. The fourth-order valence-electron chi connectivity index (χ4n) is 3.50. The number of aliphatic hydroxyl groups excluding tert-OH is 1. The van der Waals surface area contributed by atoms with Gasteiger partial charge in [0.05, 0.1) is 18.4 Å². The Kier molecular flexibility index (Phi) is 2.31. The van der Waals surface area contributed by atoms with Gasteiger partial charge in [-0.1, -0.05) is 12.2 Å². The maximum atomic E-state index is 12.2. The van der Waals surface area contributed by atoms with E-state index in [1.54, 1.807) is 0 Å². The first kappa shape index (κ1) is 11.4. The van der Waals surface area contributed by atoms with Crippen molar-refractivity contribution in [3.63, 3.8) is 0 Å². The van der Waals surface area contributed by atoms with E-state index in [-0.39, 0.29) is 11.8 Å². The molecule has 1 aliphatic heterocycles. The monoisotopic (exact) mass is 251 g/mol. The summed E-state index contributed by atoms with van der Waals surface area (Å²) in [4.78, 5) is 36.1. The molecule has 3 rings (SSSR count). The molecule has 0 aromatic rings. The number of fused-ring (bicyclic) bond motifs is 5. The van der Waals surface area contributed by atoms with E-state index >= 15 is 0 Å². The van der Waals surface area contributed by atoms with E-state index in [2.05, 4.69) is 0 Å². The van der Waals surface area contributed by atoms with Gasteiger partial charge >= 0.3 is 5.97 Å². The van der Waals surface area contributed by atoms with Crippen molar-refractivity contribution >= 4 is 17.8 Å². The maximum absolute atomic E-state index is 12.2. The van der Waals surface area contributed by atoms with Crippen molar-refractivity contribution in [1.29, 1.82) is 0 Å². The van der Waals surface area contributed by atoms with E-state index in [0.717, 1.165) is 11.3 Å². The number of aliphatic hydroxyl groups is 1. The summed E-state index contributed by atoms with van der Waals surface area (Å²) in [5.74, 6) is -2.96. The van der Waals surface area contributed by atoms with Gasteiger partial charge in [-0.15, -0.1) is 0 Å². The lowest BCUT2D eigenvalue weighted by Gasteiger charge is -2.22. The Morgan fingerprint density at radius 1 is 1.28 bits per heavy atom. The zero-order valence-corrected chi connectivity index (χ0v) is 9.52. The molecular formula is C12H13NO5. The van der Waals surface area contributed by atoms with Crippen molar-refractivity contribution in [2.75, 3.05) is 6.61 Å². The van der Waals surface area contributed by atoms with Crippen LogP contribution in [0.4, 0.5) is 0 Å². The number of rotatable bonds is 3.